The monoisotopic (exact) mass is 452 g/mol. The maximum Gasteiger partial charge on any atom is 0.260 e. The zero-order valence-corrected chi connectivity index (χ0v) is 18.6. The highest BCUT2D eigenvalue weighted by Gasteiger charge is 2.23. The minimum atomic E-state index is -3.43. The third kappa shape index (κ3) is 4.60. The molecule has 0 bridgehead atoms. The van der Waals surface area contributed by atoms with Gasteiger partial charge < -0.3 is 4.74 Å². The van der Waals surface area contributed by atoms with Crippen molar-refractivity contribution in [2.75, 3.05) is 18.3 Å². The number of fused-ring (bicyclic) bond motifs is 1. The molecular formula is C23H20N2O4S2. The number of nitrogens with zero attached hydrogens (tertiary/aromatic N) is 2. The van der Waals surface area contributed by atoms with Crippen LogP contribution >= 0.6 is 11.3 Å². The number of hydrogen-bond acceptors (Lipinski definition) is 6. The third-order valence-electron chi connectivity index (χ3n) is 4.75. The lowest BCUT2D eigenvalue weighted by Gasteiger charge is -2.20. The summed E-state index contributed by atoms with van der Waals surface area (Å²) >= 11 is 1.40. The average Bonchev–Trinajstić information content (AvgIpc) is 3.20. The average molecular weight is 453 g/mol. The Bertz CT molecular complexity index is 1350. The van der Waals surface area contributed by atoms with Gasteiger partial charge in [-0.2, -0.15) is 0 Å². The van der Waals surface area contributed by atoms with E-state index in [-0.39, 0.29) is 16.4 Å². The molecule has 0 saturated carbocycles. The molecule has 0 atom stereocenters. The molecule has 0 N–H and O–H groups in total. The predicted molar refractivity (Wildman–Crippen MR) is 123 cm³/mol. The SMILES string of the molecule is COc1ccc2sc(N(Cc3ccccc3)C(=O)c3cccc(S(C)(=O)=O)c3)nc2c1. The van der Waals surface area contributed by atoms with Gasteiger partial charge in [0.1, 0.15) is 5.75 Å². The van der Waals surface area contributed by atoms with Crippen molar-refractivity contribution < 1.29 is 17.9 Å². The van der Waals surface area contributed by atoms with Gasteiger partial charge in [0.25, 0.3) is 5.91 Å². The summed E-state index contributed by atoms with van der Waals surface area (Å²) in [5.74, 6) is 0.367. The number of ether oxygens (including phenoxy) is 1. The van der Waals surface area contributed by atoms with Crippen LogP contribution in [0.25, 0.3) is 10.2 Å². The summed E-state index contributed by atoms with van der Waals surface area (Å²) in [7, 11) is -1.84. The first-order valence-electron chi connectivity index (χ1n) is 9.45. The second kappa shape index (κ2) is 8.49. The number of benzene rings is 3. The van der Waals surface area contributed by atoms with E-state index in [2.05, 4.69) is 4.98 Å². The summed E-state index contributed by atoms with van der Waals surface area (Å²) < 4.78 is 30.1. The summed E-state index contributed by atoms with van der Waals surface area (Å²) in [6, 6.07) is 21.3. The molecule has 0 fully saturated rings. The minimum Gasteiger partial charge on any atom is -0.497 e. The lowest BCUT2D eigenvalue weighted by molar-refractivity contribution is 0.0985. The first-order chi connectivity index (χ1) is 14.8. The van der Waals surface area contributed by atoms with Crippen LogP contribution in [0.4, 0.5) is 5.13 Å². The van der Waals surface area contributed by atoms with Gasteiger partial charge in [-0.1, -0.05) is 47.7 Å². The van der Waals surface area contributed by atoms with Crippen LogP contribution in [0.5, 0.6) is 5.75 Å². The smallest absolute Gasteiger partial charge is 0.260 e. The molecule has 31 heavy (non-hydrogen) atoms. The van der Waals surface area contributed by atoms with Gasteiger partial charge in [-0.15, -0.1) is 0 Å². The number of carbonyl (C=O) groups excluding carboxylic acids is 1. The lowest BCUT2D eigenvalue weighted by atomic mass is 10.1. The Kier molecular flexibility index (Phi) is 5.75. The van der Waals surface area contributed by atoms with Gasteiger partial charge in [0.05, 0.1) is 28.8 Å². The van der Waals surface area contributed by atoms with E-state index in [1.165, 1.54) is 23.5 Å². The van der Waals surface area contributed by atoms with E-state index in [0.29, 0.717) is 17.4 Å². The second-order valence-electron chi connectivity index (χ2n) is 7.01. The number of sulfone groups is 1. The molecule has 0 radical (unpaired) electrons. The highest BCUT2D eigenvalue weighted by Crippen LogP contribution is 2.33. The largest absolute Gasteiger partial charge is 0.497 e. The summed E-state index contributed by atoms with van der Waals surface area (Å²) in [6.45, 7) is 0.305. The third-order valence-corrected chi connectivity index (χ3v) is 6.92. The predicted octanol–water partition coefficient (Wildman–Crippen LogP) is 4.56. The van der Waals surface area contributed by atoms with Crippen molar-refractivity contribution in [3.8, 4) is 5.75 Å². The zero-order chi connectivity index (χ0) is 22.0. The van der Waals surface area contributed by atoms with Gasteiger partial charge in [0.2, 0.25) is 0 Å². The second-order valence-corrected chi connectivity index (χ2v) is 10.0. The standard InChI is InChI=1S/C23H20N2O4S2/c1-29-18-11-12-21-20(14-18)24-23(30-21)25(15-16-7-4-3-5-8-16)22(26)17-9-6-10-19(13-17)31(2,27)28/h3-14H,15H2,1-2H3. The van der Waals surface area contributed by atoms with E-state index in [1.807, 2.05) is 48.5 Å². The minimum absolute atomic E-state index is 0.104. The molecule has 158 valence electrons. The summed E-state index contributed by atoms with van der Waals surface area (Å²) in [4.78, 5) is 19.8. The molecule has 0 aliphatic rings. The summed E-state index contributed by atoms with van der Waals surface area (Å²) in [5.41, 5.74) is 1.96. The van der Waals surface area contributed by atoms with Crippen molar-refractivity contribution >= 4 is 42.4 Å². The molecule has 1 heterocycles. The van der Waals surface area contributed by atoms with Crippen molar-refractivity contribution in [1.82, 2.24) is 4.98 Å². The Morgan fingerprint density at radius 1 is 1.03 bits per heavy atom. The van der Waals surface area contributed by atoms with Gasteiger partial charge in [0.15, 0.2) is 15.0 Å². The van der Waals surface area contributed by atoms with Gasteiger partial charge in [-0.3, -0.25) is 9.69 Å². The summed E-state index contributed by atoms with van der Waals surface area (Å²) in [6.07, 6.45) is 1.12. The van der Waals surface area contributed by atoms with E-state index >= 15 is 0 Å². The maximum absolute atomic E-state index is 13.5. The Morgan fingerprint density at radius 3 is 2.52 bits per heavy atom. The maximum atomic E-state index is 13.5. The van der Waals surface area contributed by atoms with Crippen LogP contribution in [0.15, 0.2) is 77.7 Å². The molecule has 0 aliphatic carbocycles. The Hall–Kier alpha value is -3.23. The zero-order valence-electron chi connectivity index (χ0n) is 17.0. The number of methoxy groups -OCH3 is 1. The fourth-order valence-electron chi connectivity index (χ4n) is 3.15. The number of hydrogen-bond donors (Lipinski definition) is 0. The molecule has 1 aromatic heterocycles. The number of anilines is 1. The molecular weight excluding hydrogens is 432 g/mol. The number of carbonyl (C=O) groups is 1. The van der Waals surface area contributed by atoms with E-state index in [0.717, 1.165) is 22.0 Å². The van der Waals surface area contributed by atoms with E-state index in [4.69, 9.17) is 4.74 Å². The van der Waals surface area contributed by atoms with Crippen molar-refractivity contribution in [2.24, 2.45) is 0 Å². The van der Waals surface area contributed by atoms with Crippen molar-refractivity contribution in [1.29, 1.82) is 0 Å². The number of rotatable bonds is 6. The van der Waals surface area contributed by atoms with Crippen LogP contribution in [0, 0.1) is 0 Å². The van der Waals surface area contributed by atoms with Crippen molar-refractivity contribution in [3.05, 3.63) is 83.9 Å². The van der Waals surface area contributed by atoms with Crippen molar-refractivity contribution in [3.63, 3.8) is 0 Å². The molecule has 3 aromatic carbocycles. The molecule has 0 spiro atoms. The molecule has 0 unspecified atom stereocenters. The first kappa shape index (κ1) is 21.0. The quantitative estimate of drug-likeness (QED) is 0.429. The molecule has 4 aromatic rings. The van der Waals surface area contributed by atoms with Gasteiger partial charge in [-0.05, 0) is 35.9 Å². The van der Waals surface area contributed by atoms with Crippen LogP contribution in [0.3, 0.4) is 0 Å². The number of thiazole rings is 1. The molecule has 8 heteroatoms. The Morgan fingerprint density at radius 2 is 1.81 bits per heavy atom. The highest BCUT2D eigenvalue weighted by atomic mass is 32.2. The van der Waals surface area contributed by atoms with E-state index in [1.54, 1.807) is 24.1 Å². The molecule has 4 rings (SSSR count). The molecule has 0 saturated heterocycles. The Balaban J connectivity index is 1.79. The van der Waals surface area contributed by atoms with Crippen molar-refractivity contribution in [2.45, 2.75) is 11.4 Å². The van der Waals surface area contributed by atoms with Crippen LogP contribution in [0.1, 0.15) is 15.9 Å². The van der Waals surface area contributed by atoms with Crippen LogP contribution in [-0.4, -0.2) is 32.7 Å². The van der Waals surface area contributed by atoms with Gasteiger partial charge >= 0.3 is 0 Å². The fraction of sp³-hybridized carbons (Fsp3) is 0.130. The van der Waals surface area contributed by atoms with Gasteiger partial charge in [0, 0.05) is 17.9 Å². The number of aromatic nitrogens is 1. The lowest BCUT2D eigenvalue weighted by Crippen LogP contribution is -2.30. The van der Waals surface area contributed by atoms with E-state index in [9.17, 15) is 13.2 Å². The normalized spacial score (nSPS) is 11.4. The topological polar surface area (TPSA) is 76.6 Å². The molecule has 0 aliphatic heterocycles. The summed E-state index contributed by atoms with van der Waals surface area (Å²) in [5, 5.41) is 0.530. The first-order valence-corrected chi connectivity index (χ1v) is 12.2. The van der Waals surface area contributed by atoms with Crippen LogP contribution in [-0.2, 0) is 16.4 Å². The van der Waals surface area contributed by atoms with E-state index < -0.39 is 9.84 Å². The molecule has 6 nitrogen and oxygen atoms in total. The van der Waals surface area contributed by atoms with Gasteiger partial charge in [-0.25, -0.2) is 13.4 Å². The van der Waals surface area contributed by atoms with Crippen LogP contribution < -0.4 is 9.64 Å². The van der Waals surface area contributed by atoms with Crippen LogP contribution in [0.2, 0.25) is 0 Å². The highest BCUT2D eigenvalue weighted by molar-refractivity contribution is 7.90. The fourth-order valence-corrected chi connectivity index (χ4v) is 4.76. The molecule has 1 amide bonds. The Labute approximate surface area is 184 Å². The number of amides is 1.